The summed E-state index contributed by atoms with van der Waals surface area (Å²) in [6.07, 6.45) is 4.53. The van der Waals surface area contributed by atoms with E-state index in [0.29, 0.717) is 16.3 Å². The molecule has 0 atom stereocenters. The van der Waals surface area contributed by atoms with Gasteiger partial charge in [-0.2, -0.15) is 0 Å². The first-order valence-corrected chi connectivity index (χ1v) is 10.4. The summed E-state index contributed by atoms with van der Waals surface area (Å²) in [5.74, 6) is 1.30. The minimum Gasteiger partial charge on any atom is -0.488 e. The lowest BCUT2D eigenvalue weighted by molar-refractivity contribution is 0.0203. The lowest BCUT2D eigenvalue weighted by atomic mass is 10.1. The molecule has 0 aliphatic carbocycles. The summed E-state index contributed by atoms with van der Waals surface area (Å²) in [7, 11) is 0. The van der Waals surface area contributed by atoms with Crippen LogP contribution in [0.2, 0.25) is 5.02 Å². The van der Waals surface area contributed by atoms with Crippen molar-refractivity contribution >= 4 is 11.6 Å². The smallest absolute Gasteiger partial charge is 0.259 e. The highest BCUT2D eigenvalue weighted by atomic mass is 35.5. The average Bonchev–Trinajstić information content (AvgIpc) is 2.73. The summed E-state index contributed by atoms with van der Waals surface area (Å²) in [4.78, 5) is 21.8. The van der Waals surface area contributed by atoms with E-state index in [1.54, 1.807) is 30.6 Å². The Labute approximate surface area is 180 Å². The molecule has 1 N–H and O–H groups in total. The van der Waals surface area contributed by atoms with E-state index < -0.39 is 0 Å². The summed E-state index contributed by atoms with van der Waals surface area (Å²) in [6, 6.07) is 12.9. The van der Waals surface area contributed by atoms with Crippen molar-refractivity contribution in [3.8, 4) is 22.6 Å². The molecule has 1 aromatic carbocycles. The summed E-state index contributed by atoms with van der Waals surface area (Å²) >= 11 is 5.87. The fraction of sp³-hybridized carbons (Fsp3) is 0.304. The largest absolute Gasteiger partial charge is 0.488 e. The number of ether oxygens (including phenoxy) is 2. The molecular formula is C23H24ClN3O3. The maximum atomic E-state index is 12.5. The molecule has 4 rings (SSSR count). The molecule has 1 saturated heterocycles. The first-order chi connectivity index (χ1) is 14.6. The molecule has 1 fully saturated rings. The zero-order chi connectivity index (χ0) is 20.9. The summed E-state index contributed by atoms with van der Waals surface area (Å²) < 4.78 is 11.9. The Morgan fingerprint density at radius 1 is 1.17 bits per heavy atom. The first kappa shape index (κ1) is 20.4. The minimum absolute atomic E-state index is 0.209. The number of benzene rings is 1. The van der Waals surface area contributed by atoms with E-state index in [9.17, 15) is 4.79 Å². The molecule has 0 spiro atoms. The SMILES string of the molecule is CCCN1CC(Oc2ccc(-c3c(OCc4ccc(Cl)cn4)cc[nH]c3=O)cc2)C1. The molecule has 0 bridgehead atoms. The van der Waals surface area contributed by atoms with Crippen LogP contribution < -0.4 is 15.0 Å². The van der Waals surface area contributed by atoms with E-state index >= 15 is 0 Å². The lowest BCUT2D eigenvalue weighted by Gasteiger charge is -2.38. The Kier molecular flexibility index (Phi) is 6.35. The maximum absolute atomic E-state index is 12.5. The molecule has 2 aromatic heterocycles. The van der Waals surface area contributed by atoms with Crippen molar-refractivity contribution in [1.82, 2.24) is 14.9 Å². The Morgan fingerprint density at radius 2 is 1.97 bits per heavy atom. The van der Waals surface area contributed by atoms with Gasteiger partial charge in [0.05, 0.1) is 16.3 Å². The number of nitrogens with one attached hydrogen (secondary N) is 1. The number of nitrogens with zero attached hydrogens (tertiary/aromatic N) is 2. The van der Waals surface area contributed by atoms with Gasteiger partial charge in [-0.3, -0.25) is 14.7 Å². The summed E-state index contributed by atoms with van der Waals surface area (Å²) in [5.41, 5.74) is 1.77. The molecule has 0 radical (unpaired) electrons. The summed E-state index contributed by atoms with van der Waals surface area (Å²) in [5, 5.41) is 0.567. The number of hydrogen-bond acceptors (Lipinski definition) is 5. The van der Waals surface area contributed by atoms with Gasteiger partial charge in [0.25, 0.3) is 5.56 Å². The zero-order valence-corrected chi connectivity index (χ0v) is 17.6. The van der Waals surface area contributed by atoms with Gasteiger partial charge in [0.1, 0.15) is 24.2 Å². The van der Waals surface area contributed by atoms with Gasteiger partial charge in [-0.05, 0) is 48.9 Å². The van der Waals surface area contributed by atoms with Crippen LogP contribution in [-0.4, -0.2) is 40.6 Å². The van der Waals surface area contributed by atoms with Crippen molar-refractivity contribution in [1.29, 1.82) is 0 Å². The average molecular weight is 426 g/mol. The second-order valence-corrected chi connectivity index (χ2v) is 7.76. The molecule has 0 unspecified atom stereocenters. The molecule has 0 amide bonds. The van der Waals surface area contributed by atoms with Crippen molar-refractivity contribution in [2.45, 2.75) is 26.1 Å². The number of halogens is 1. The summed E-state index contributed by atoms with van der Waals surface area (Å²) in [6.45, 7) is 5.46. The van der Waals surface area contributed by atoms with Crippen LogP contribution in [0.25, 0.3) is 11.1 Å². The van der Waals surface area contributed by atoms with Crippen LogP contribution in [0, 0.1) is 0 Å². The number of aromatic amines is 1. The predicted octanol–water partition coefficient (Wildman–Crippen LogP) is 4.14. The van der Waals surface area contributed by atoms with Crippen LogP contribution in [0.5, 0.6) is 11.5 Å². The van der Waals surface area contributed by atoms with Crippen LogP contribution in [-0.2, 0) is 6.61 Å². The number of pyridine rings is 2. The van der Waals surface area contributed by atoms with Gasteiger partial charge < -0.3 is 14.5 Å². The third kappa shape index (κ3) is 4.83. The number of aromatic nitrogens is 2. The van der Waals surface area contributed by atoms with E-state index in [1.165, 1.54) is 0 Å². The standard InChI is InChI=1S/C23H24ClN3O3/c1-2-11-27-13-20(14-27)30-19-7-3-16(4-8-19)22-21(9-10-25-23(22)28)29-15-18-6-5-17(24)12-26-18/h3-10,12,20H,2,11,13-15H2,1H3,(H,25,28). The number of H-pyrrole nitrogens is 1. The Balaban J connectivity index is 1.45. The highest BCUT2D eigenvalue weighted by Gasteiger charge is 2.27. The van der Waals surface area contributed by atoms with Crippen molar-refractivity contribution in [2.75, 3.05) is 19.6 Å². The molecular weight excluding hydrogens is 402 g/mol. The van der Waals surface area contributed by atoms with Crippen LogP contribution >= 0.6 is 11.6 Å². The maximum Gasteiger partial charge on any atom is 0.259 e. The topological polar surface area (TPSA) is 67.5 Å². The van der Waals surface area contributed by atoms with Crippen LogP contribution in [0.1, 0.15) is 19.0 Å². The van der Waals surface area contributed by atoms with Gasteiger partial charge in [-0.25, -0.2) is 0 Å². The van der Waals surface area contributed by atoms with Gasteiger partial charge >= 0.3 is 0 Å². The Morgan fingerprint density at radius 3 is 2.67 bits per heavy atom. The minimum atomic E-state index is -0.209. The van der Waals surface area contributed by atoms with Gasteiger partial charge in [0.2, 0.25) is 0 Å². The third-order valence-electron chi connectivity index (χ3n) is 5.00. The van der Waals surface area contributed by atoms with Gasteiger partial charge in [-0.1, -0.05) is 30.7 Å². The predicted molar refractivity (Wildman–Crippen MR) is 117 cm³/mol. The monoisotopic (exact) mass is 425 g/mol. The fourth-order valence-corrected chi connectivity index (χ4v) is 3.60. The second kappa shape index (κ2) is 9.32. The number of hydrogen-bond donors (Lipinski definition) is 1. The van der Waals surface area contributed by atoms with E-state index in [1.807, 2.05) is 24.3 Å². The van der Waals surface area contributed by atoms with E-state index in [-0.39, 0.29) is 18.3 Å². The number of likely N-dealkylation sites (tertiary alicyclic amines) is 1. The van der Waals surface area contributed by atoms with E-state index in [2.05, 4.69) is 21.8 Å². The molecule has 156 valence electrons. The molecule has 6 nitrogen and oxygen atoms in total. The normalized spacial score (nSPS) is 14.3. The molecule has 7 heteroatoms. The Bertz CT molecular complexity index is 1030. The van der Waals surface area contributed by atoms with Gasteiger partial charge in [0, 0.05) is 25.5 Å². The van der Waals surface area contributed by atoms with Crippen LogP contribution in [0.4, 0.5) is 0 Å². The quantitative estimate of drug-likeness (QED) is 0.587. The van der Waals surface area contributed by atoms with Crippen molar-refractivity contribution in [2.24, 2.45) is 0 Å². The van der Waals surface area contributed by atoms with E-state index in [0.717, 1.165) is 43.1 Å². The molecule has 30 heavy (non-hydrogen) atoms. The van der Waals surface area contributed by atoms with Gasteiger partial charge in [-0.15, -0.1) is 0 Å². The van der Waals surface area contributed by atoms with Crippen LogP contribution in [0.3, 0.4) is 0 Å². The lowest BCUT2D eigenvalue weighted by Crippen LogP contribution is -2.53. The zero-order valence-electron chi connectivity index (χ0n) is 16.8. The molecule has 3 heterocycles. The fourth-order valence-electron chi connectivity index (χ4n) is 3.49. The third-order valence-corrected chi connectivity index (χ3v) is 5.22. The van der Waals surface area contributed by atoms with Crippen molar-refractivity contribution in [3.05, 3.63) is 75.9 Å². The van der Waals surface area contributed by atoms with Gasteiger partial charge in [0.15, 0.2) is 0 Å². The first-order valence-electron chi connectivity index (χ1n) is 10.1. The second-order valence-electron chi connectivity index (χ2n) is 7.33. The van der Waals surface area contributed by atoms with Crippen LogP contribution in [0.15, 0.2) is 59.7 Å². The molecule has 0 saturated carbocycles. The number of rotatable bonds is 8. The highest BCUT2D eigenvalue weighted by molar-refractivity contribution is 6.30. The van der Waals surface area contributed by atoms with E-state index in [4.69, 9.17) is 21.1 Å². The molecule has 1 aliphatic heterocycles. The Hall–Kier alpha value is -2.83. The van der Waals surface area contributed by atoms with Crippen molar-refractivity contribution in [3.63, 3.8) is 0 Å². The molecule has 1 aliphatic rings. The highest BCUT2D eigenvalue weighted by Crippen LogP contribution is 2.29. The molecule has 3 aromatic rings. The van der Waals surface area contributed by atoms with Crippen molar-refractivity contribution < 1.29 is 9.47 Å².